The average molecular weight is 376 g/mol. The molecule has 0 rings (SSSR count). The molecule has 0 aromatic heterocycles. The highest BCUT2D eigenvalue weighted by molar-refractivity contribution is 6.67. The third kappa shape index (κ3) is 16.2. The third-order valence-corrected chi connectivity index (χ3v) is 3.27. The molecule has 0 atom stereocenters. The molecule has 0 aromatic rings. The SMILES string of the molecule is CCCCCCCCCOC(=O)CCC(=O)OCC(Cl)(Cl)Cl. The van der Waals surface area contributed by atoms with Gasteiger partial charge in [-0.1, -0.05) is 80.3 Å². The van der Waals surface area contributed by atoms with E-state index in [0.717, 1.165) is 12.8 Å². The lowest BCUT2D eigenvalue weighted by atomic mass is 10.1. The standard InChI is InChI=1S/C15H25Cl3O4/c1-2-3-4-5-6-7-8-11-21-13(19)9-10-14(20)22-12-15(16,17)18/h2-12H2,1H3. The smallest absolute Gasteiger partial charge is 0.306 e. The van der Waals surface area contributed by atoms with Gasteiger partial charge in [-0.3, -0.25) is 9.59 Å². The van der Waals surface area contributed by atoms with Crippen molar-refractivity contribution in [1.82, 2.24) is 0 Å². The molecule has 0 radical (unpaired) electrons. The number of rotatable bonds is 12. The van der Waals surface area contributed by atoms with E-state index in [9.17, 15) is 9.59 Å². The fourth-order valence-corrected chi connectivity index (χ4v) is 1.92. The first-order valence-corrected chi connectivity index (χ1v) is 8.86. The molecule has 22 heavy (non-hydrogen) atoms. The first-order valence-electron chi connectivity index (χ1n) is 7.73. The van der Waals surface area contributed by atoms with E-state index < -0.39 is 15.7 Å². The number of halogens is 3. The van der Waals surface area contributed by atoms with E-state index in [2.05, 4.69) is 6.92 Å². The number of carbonyl (C=O) groups is 2. The summed E-state index contributed by atoms with van der Waals surface area (Å²) in [4.78, 5) is 22.7. The van der Waals surface area contributed by atoms with E-state index in [-0.39, 0.29) is 19.4 Å². The molecule has 0 N–H and O–H groups in total. The highest BCUT2D eigenvalue weighted by Crippen LogP contribution is 2.26. The second-order valence-electron chi connectivity index (χ2n) is 5.12. The van der Waals surface area contributed by atoms with Gasteiger partial charge in [0.15, 0.2) is 0 Å². The summed E-state index contributed by atoms with van der Waals surface area (Å²) < 4.78 is 8.11. The summed E-state index contributed by atoms with van der Waals surface area (Å²) in [6.07, 6.45) is 8.01. The number of ether oxygens (including phenoxy) is 2. The normalized spacial score (nSPS) is 11.3. The first-order chi connectivity index (χ1) is 10.3. The van der Waals surface area contributed by atoms with Crippen LogP contribution in [0.5, 0.6) is 0 Å². The van der Waals surface area contributed by atoms with Crippen molar-refractivity contribution < 1.29 is 19.1 Å². The van der Waals surface area contributed by atoms with Crippen LogP contribution in [0.3, 0.4) is 0 Å². The molecule has 0 amide bonds. The summed E-state index contributed by atoms with van der Waals surface area (Å²) in [6.45, 7) is 2.26. The van der Waals surface area contributed by atoms with Gasteiger partial charge in [-0.25, -0.2) is 0 Å². The molecular weight excluding hydrogens is 351 g/mol. The molecule has 130 valence electrons. The molecule has 0 aliphatic heterocycles. The Morgan fingerprint density at radius 3 is 1.86 bits per heavy atom. The second kappa shape index (κ2) is 13.3. The van der Waals surface area contributed by atoms with Gasteiger partial charge in [-0.05, 0) is 6.42 Å². The summed E-state index contributed by atoms with van der Waals surface area (Å²) in [7, 11) is 0. The second-order valence-corrected chi connectivity index (χ2v) is 7.63. The lowest BCUT2D eigenvalue weighted by Crippen LogP contribution is -2.18. The summed E-state index contributed by atoms with van der Waals surface area (Å²) in [5.74, 6) is -0.990. The fraction of sp³-hybridized carbons (Fsp3) is 0.867. The summed E-state index contributed by atoms with van der Waals surface area (Å²) >= 11 is 16.3. The maximum atomic E-state index is 11.4. The van der Waals surface area contributed by atoms with Crippen LogP contribution in [0.2, 0.25) is 0 Å². The van der Waals surface area contributed by atoms with Crippen LogP contribution in [0.4, 0.5) is 0 Å². The predicted molar refractivity (Wildman–Crippen MR) is 89.4 cm³/mol. The van der Waals surface area contributed by atoms with Gasteiger partial charge in [0.25, 0.3) is 0 Å². The van der Waals surface area contributed by atoms with Gasteiger partial charge in [-0.2, -0.15) is 0 Å². The Balaban J connectivity index is 3.44. The Morgan fingerprint density at radius 1 is 0.818 bits per heavy atom. The van der Waals surface area contributed by atoms with E-state index in [1.165, 1.54) is 32.1 Å². The first kappa shape index (κ1) is 21.8. The molecule has 0 saturated heterocycles. The molecule has 4 nitrogen and oxygen atoms in total. The van der Waals surface area contributed by atoms with Crippen LogP contribution in [0.25, 0.3) is 0 Å². The van der Waals surface area contributed by atoms with Gasteiger partial charge >= 0.3 is 11.9 Å². The Bertz CT molecular complexity index is 316. The van der Waals surface area contributed by atoms with Crippen LogP contribution >= 0.6 is 34.8 Å². The molecule has 0 spiro atoms. The van der Waals surface area contributed by atoms with Crippen LogP contribution in [-0.2, 0) is 19.1 Å². The van der Waals surface area contributed by atoms with E-state index in [1.54, 1.807) is 0 Å². The topological polar surface area (TPSA) is 52.6 Å². The van der Waals surface area contributed by atoms with Crippen molar-refractivity contribution in [2.45, 2.75) is 68.5 Å². The van der Waals surface area contributed by atoms with E-state index in [1.807, 2.05) is 0 Å². The van der Waals surface area contributed by atoms with Gasteiger partial charge in [0.05, 0.1) is 19.4 Å². The van der Waals surface area contributed by atoms with Gasteiger partial charge in [-0.15, -0.1) is 0 Å². The largest absolute Gasteiger partial charge is 0.466 e. The number of esters is 2. The molecule has 0 aliphatic carbocycles. The Hall–Kier alpha value is -0.190. The zero-order valence-corrected chi connectivity index (χ0v) is 15.3. The average Bonchev–Trinajstić information content (AvgIpc) is 2.45. The van der Waals surface area contributed by atoms with Crippen LogP contribution in [0, 0.1) is 0 Å². The molecule has 0 aromatic carbocycles. The number of hydrogen-bond acceptors (Lipinski definition) is 4. The zero-order valence-electron chi connectivity index (χ0n) is 13.0. The monoisotopic (exact) mass is 374 g/mol. The van der Waals surface area contributed by atoms with Crippen molar-refractivity contribution in [2.24, 2.45) is 0 Å². The van der Waals surface area contributed by atoms with Crippen molar-refractivity contribution in [1.29, 1.82) is 0 Å². The minimum absolute atomic E-state index is 0.0187. The van der Waals surface area contributed by atoms with Crippen LogP contribution in [0.1, 0.15) is 64.7 Å². The minimum Gasteiger partial charge on any atom is -0.466 e. The predicted octanol–water partition coefficient (Wildman–Crippen LogP) is 4.97. The van der Waals surface area contributed by atoms with E-state index in [4.69, 9.17) is 44.3 Å². The van der Waals surface area contributed by atoms with Crippen molar-refractivity contribution in [3.8, 4) is 0 Å². The maximum Gasteiger partial charge on any atom is 0.306 e. The Morgan fingerprint density at radius 2 is 1.32 bits per heavy atom. The quantitative estimate of drug-likeness (QED) is 0.274. The van der Waals surface area contributed by atoms with Crippen LogP contribution in [0.15, 0.2) is 0 Å². The fourth-order valence-electron chi connectivity index (χ4n) is 1.76. The van der Waals surface area contributed by atoms with Crippen molar-refractivity contribution in [3.05, 3.63) is 0 Å². The third-order valence-electron chi connectivity index (χ3n) is 2.94. The van der Waals surface area contributed by atoms with Crippen molar-refractivity contribution >= 4 is 46.7 Å². The Kier molecular flexibility index (Phi) is 13.2. The lowest BCUT2D eigenvalue weighted by molar-refractivity contribution is -0.150. The summed E-state index contributed by atoms with van der Waals surface area (Å²) in [5, 5.41) is 0. The molecule has 0 aliphatic rings. The minimum atomic E-state index is -1.63. The number of carbonyl (C=O) groups excluding carboxylic acids is 2. The highest BCUT2D eigenvalue weighted by Gasteiger charge is 2.22. The molecule has 0 saturated carbocycles. The van der Waals surface area contributed by atoms with Gasteiger partial charge in [0.2, 0.25) is 3.79 Å². The molecule has 0 fully saturated rings. The summed E-state index contributed by atoms with van der Waals surface area (Å²) in [5.41, 5.74) is 0. The maximum absolute atomic E-state index is 11.4. The van der Waals surface area contributed by atoms with Gasteiger partial charge in [0, 0.05) is 0 Å². The molecule has 7 heteroatoms. The van der Waals surface area contributed by atoms with Crippen molar-refractivity contribution in [3.63, 3.8) is 0 Å². The van der Waals surface area contributed by atoms with E-state index in [0.29, 0.717) is 6.61 Å². The number of alkyl halides is 3. The molecule has 0 unspecified atom stereocenters. The highest BCUT2D eigenvalue weighted by atomic mass is 35.6. The van der Waals surface area contributed by atoms with Gasteiger partial charge < -0.3 is 9.47 Å². The van der Waals surface area contributed by atoms with Gasteiger partial charge in [0.1, 0.15) is 6.61 Å². The van der Waals surface area contributed by atoms with Crippen LogP contribution < -0.4 is 0 Å². The zero-order chi connectivity index (χ0) is 16.8. The number of unbranched alkanes of at least 4 members (excludes halogenated alkanes) is 6. The van der Waals surface area contributed by atoms with Crippen molar-refractivity contribution in [2.75, 3.05) is 13.2 Å². The summed E-state index contributed by atoms with van der Waals surface area (Å²) in [6, 6.07) is 0. The van der Waals surface area contributed by atoms with Crippen LogP contribution in [-0.4, -0.2) is 28.9 Å². The molecular formula is C15H25Cl3O4. The Labute approximate surface area is 147 Å². The van der Waals surface area contributed by atoms with E-state index >= 15 is 0 Å². The molecule has 0 bridgehead atoms. The molecule has 0 heterocycles. The lowest BCUT2D eigenvalue weighted by Gasteiger charge is -2.11. The number of hydrogen-bond donors (Lipinski definition) is 0.